The number of likely N-dealkylation sites (tertiary alicyclic amines) is 1. The maximum Gasteiger partial charge on any atom is 0.360 e. The molecule has 7 nitrogen and oxygen atoms in total. The Morgan fingerprint density at radius 2 is 1.89 bits per heavy atom. The Morgan fingerprint density at radius 1 is 1.11 bits per heavy atom. The summed E-state index contributed by atoms with van der Waals surface area (Å²) in [6, 6.07) is 4.93. The van der Waals surface area contributed by atoms with E-state index in [2.05, 4.69) is 4.90 Å². The highest BCUT2D eigenvalue weighted by molar-refractivity contribution is 5.98. The maximum atomic E-state index is 13.0. The lowest BCUT2D eigenvalue weighted by atomic mass is 9.98. The van der Waals surface area contributed by atoms with Gasteiger partial charge in [-0.05, 0) is 62.5 Å². The van der Waals surface area contributed by atoms with Gasteiger partial charge in [0.25, 0.3) is 0 Å². The van der Waals surface area contributed by atoms with Crippen LogP contribution in [0.5, 0.6) is 5.75 Å². The first kappa shape index (κ1) is 18.7. The van der Waals surface area contributed by atoms with Crippen LogP contribution in [0.1, 0.15) is 38.2 Å². The summed E-state index contributed by atoms with van der Waals surface area (Å²) in [6.07, 6.45) is 4.87. The number of aryl methyl sites for hydroxylation is 1. The highest BCUT2D eigenvalue weighted by Gasteiger charge is 2.29. The molecule has 0 atom stereocenters. The summed E-state index contributed by atoms with van der Waals surface area (Å²) in [7, 11) is 0. The third-order valence-electron chi connectivity index (χ3n) is 5.41. The fourth-order valence-corrected chi connectivity index (χ4v) is 4.16. The molecule has 2 aliphatic heterocycles. The van der Waals surface area contributed by atoms with Crippen molar-refractivity contribution >= 4 is 28.5 Å². The predicted octanol–water partition coefficient (Wildman–Crippen LogP) is 2.48. The lowest BCUT2D eigenvalue weighted by Crippen LogP contribution is -2.45. The molecule has 1 amide bonds. The van der Waals surface area contributed by atoms with Gasteiger partial charge in [0.15, 0.2) is 0 Å². The molecule has 0 N–H and O–H groups in total. The summed E-state index contributed by atoms with van der Waals surface area (Å²) in [5, 5.41) is 0.712. The molecule has 28 heavy (non-hydrogen) atoms. The number of carbonyl (C=O) groups is 2. The number of esters is 1. The van der Waals surface area contributed by atoms with Crippen molar-refractivity contribution in [2.24, 2.45) is 0 Å². The first-order valence-electron chi connectivity index (χ1n) is 9.84. The highest BCUT2D eigenvalue weighted by atomic mass is 16.5. The van der Waals surface area contributed by atoms with Crippen molar-refractivity contribution in [2.75, 3.05) is 31.1 Å². The summed E-state index contributed by atoms with van der Waals surface area (Å²) in [6.45, 7) is 4.02. The average Bonchev–Trinajstić information content (AvgIpc) is 2.68. The molecule has 1 fully saturated rings. The van der Waals surface area contributed by atoms with E-state index >= 15 is 0 Å². The van der Waals surface area contributed by atoms with Crippen molar-refractivity contribution in [2.45, 2.75) is 39.0 Å². The number of hydrogen-bond donors (Lipinski definition) is 0. The monoisotopic (exact) mass is 384 g/mol. The largest absolute Gasteiger partial charge is 0.427 e. The molecule has 2 aromatic rings. The second kappa shape index (κ2) is 7.75. The SMILES string of the molecule is CC(=O)Oc1ccc2oc(=O)c3c(c2c1)CCCN3C(=O)CN1CCCCC1. The summed E-state index contributed by atoms with van der Waals surface area (Å²) in [5.41, 5.74) is 1.07. The Labute approximate surface area is 162 Å². The van der Waals surface area contributed by atoms with Gasteiger partial charge in [0.05, 0.1) is 6.54 Å². The van der Waals surface area contributed by atoms with Gasteiger partial charge >= 0.3 is 11.6 Å². The smallest absolute Gasteiger partial charge is 0.360 e. The van der Waals surface area contributed by atoms with E-state index in [0.29, 0.717) is 41.9 Å². The topological polar surface area (TPSA) is 80.1 Å². The summed E-state index contributed by atoms with van der Waals surface area (Å²) in [5.74, 6) is -0.0811. The van der Waals surface area contributed by atoms with Crippen molar-refractivity contribution < 1.29 is 18.7 Å². The standard InChI is InChI=1S/C21H24N2O5/c1-14(24)27-15-7-8-18-17(12-15)16-6-5-11-23(20(16)21(26)28-18)19(25)13-22-9-3-2-4-10-22/h7-8,12H,2-6,9-11,13H2,1H3. The molecule has 0 aliphatic carbocycles. The van der Waals surface area contributed by atoms with E-state index < -0.39 is 11.6 Å². The minimum Gasteiger partial charge on any atom is -0.427 e. The van der Waals surface area contributed by atoms with Gasteiger partial charge < -0.3 is 14.1 Å². The van der Waals surface area contributed by atoms with Crippen molar-refractivity contribution in [3.05, 3.63) is 34.2 Å². The van der Waals surface area contributed by atoms with Crippen LogP contribution in [0.25, 0.3) is 11.0 Å². The molecule has 148 valence electrons. The number of benzene rings is 1. The molecule has 1 aromatic carbocycles. The average molecular weight is 384 g/mol. The Hall–Kier alpha value is -2.67. The second-order valence-corrected chi connectivity index (χ2v) is 7.45. The number of anilines is 1. The van der Waals surface area contributed by atoms with Gasteiger partial charge in [-0.15, -0.1) is 0 Å². The number of amides is 1. The lowest BCUT2D eigenvalue weighted by Gasteiger charge is -2.32. The first-order valence-corrected chi connectivity index (χ1v) is 9.84. The van der Waals surface area contributed by atoms with Gasteiger partial charge in [-0.1, -0.05) is 6.42 Å². The van der Waals surface area contributed by atoms with Crippen molar-refractivity contribution in [1.82, 2.24) is 4.90 Å². The van der Waals surface area contributed by atoms with Gasteiger partial charge in [0.1, 0.15) is 17.0 Å². The van der Waals surface area contributed by atoms with E-state index in [-0.39, 0.29) is 5.91 Å². The van der Waals surface area contributed by atoms with Crippen molar-refractivity contribution in [1.29, 1.82) is 0 Å². The van der Waals surface area contributed by atoms with Crippen LogP contribution in [-0.2, 0) is 16.0 Å². The Morgan fingerprint density at radius 3 is 2.64 bits per heavy atom. The number of rotatable bonds is 3. The van der Waals surface area contributed by atoms with E-state index in [1.54, 1.807) is 23.1 Å². The molecule has 0 saturated carbocycles. The van der Waals surface area contributed by atoms with E-state index in [1.807, 2.05) is 0 Å². The first-order chi connectivity index (χ1) is 13.5. The van der Waals surface area contributed by atoms with Crippen LogP contribution in [0.2, 0.25) is 0 Å². The third-order valence-corrected chi connectivity index (χ3v) is 5.41. The van der Waals surface area contributed by atoms with E-state index in [0.717, 1.165) is 37.9 Å². The van der Waals surface area contributed by atoms with Gasteiger partial charge in [-0.3, -0.25) is 14.5 Å². The zero-order chi connectivity index (χ0) is 19.7. The highest BCUT2D eigenvalue weighted by Crippen LogP contribution is 2.33. The van der Waals surface area contributed by atoms with Crippen molar-refractivity contribution in [3.8, 4) is 5.75 Å². The van der Waals surface area contributed by atoms with Gasteiger partial charge in [-0.2, -0.15) is 0 Å². The van der Waals surface area contributed by atoms with Crippen LogP contribution in [0.3, 0.4) is 0 Å². The van der Waals surface area contributed by atoms with Crippen molar-refractivity contribution in [3.63, 3.8) is 0 Å². The van der Waals surface area contributed by atoms with Crippen LogP contribution >= 0.6 is 0 Å². The summed E-state index contributed by atoms with van der Waals surface area (Å²) >= 11 is 0. The Balaban J connectivity index is 1.70. The number of ether oxygens (including phenoxy) is 1. The van der Waals surface area contributed by atoms with Crippen LogP contribution < -0.4 is 15.3 Å². The number of nitrogens with zero attached hydrogens (tertiary/aromatic N) is 2. The molecule has 1 aromatic heterocycles. The minimum absolute atomic E-state index is 0.0642. The Bertz CT molecular complexity index is 975. The zero-order valence-electron chi connectivity index (χ0n) is 16.0. The molecule has 1 saturated heterocycles. The predicted molar refractivity (Wildman–Crippen MR) is 105 cm³/mol. The number of piperidine rings is 1. The number of carbonyl (C=O) groups excluding carboxylic acids is 2. The molecular weight excluding hydrogens is 360 g/mol. The molecule has 0 radical (unpaired) electrons. The fourth-order valence-electron chi connectivity index (χ4n) is 4.16. The number of hydrogen-bond acceptors (Lipinski definition) is 6. The molecule has 3 heterocycles. The molecule has 0 bridgehead atoms. The van der Waals surface area contributed by atoms with Crippen LogP contribution in [0, 0.1) is 0 Å². The summed E-state index contributed by atoms with van der Waals surface area (Å²) in [4.78, 5) is 40.7. The summed E-state index contributed by atoms with van der Waals surface area (Å²) < 4.78 is 10.7. The molecule has 7 heteroatoms. The van der Waals surface area contributed by atoms with Crippen LogP contribution in [0.4, 0.5) is 5.69 Å². The van der Waals surface area contributed by atoms with E-state index in [1.165, 1.54) is 13.3 Å². The third kappa shape index (κ3) is 3.67. The quantitative estimate of drug-likeness (QED) is 0.460. The van der Waals surface area contributed by atoms with Gasteiger partial charge in [0, 0.05) is 18.9 Å². The number of fused-ring (bicyclic) bond motifs is 3. The lowest BCUT2D eigenvalue weighted by molar-refractivity contribution is -0.131. The van der Waals surface area contributed by atoms with E-state index in [9.17, 15) is 14.4 Å². The van der Waals surface area contributed by atoms with Crippen LogP contribution in [-0.4, -0.2) is 43.0 Å². The molecule has 2 aliphatic rings. The zero-order valence-corrected chi connectivity index (χ0v) is 16.0. The maximum absolute atomic E-state index is 13.0. The normalized spacial score (nSPS) is 17.4. The molecular formula is C21H24N2O5. The fraction of sp³-hybridized carbons (Fsp3) is 0.476. The minimum atomic E-state index is -0.491. The molecule has 0 unspecified atom stereocenters. The Kier molecular flexibility index (Phi) is 5.17. The molecule has 4 rings (SSSR count). The molecule has 0 spiro atoms. The van der Waals surface area contributed by atoms with Gasteiger partial charge in [0.2, 0.25) is 5.91 Å². The second-order valence-electron chi connectivity index (χ2n) is 7.45. The van der Waals surface area contributed by atoms with E-state index in [4.69, 9.17) is 9.15 Å². The van der Waals surface area contributed by atoms with Crippen LogP contribution in [0.15, 0.2) is 27.4 Å². The van der Waals surface area contributed by atoms with Gasteiger partial charge in [-0.25, -0.2) is 4.79 Å².